The van der Waals surface area contributed by atoms with E-state index in [0.717, 1.165) is 0 Å². The van der Waals surface area contributed by atoms with Gasteiger partial charge in [0.1, 0.15) is 6.17 Å². The Morgan fingerprint density at radius 3 is 1.06 bits per heavy atom. The summed E-state index contributed by atoms with van der Waals surface area (Å²) in [7, 11) is 0. The van der Waals surface area contributed by atoms with Gasteiger partial charge < -0.3 is 9.80 Å². The van der Waals surface area contributed by atoms with Crippen molar-refractivity contribution in [3.05, 3.63) is 12.4 Å². The molecule has 1 aliphatic heterocycles. The minimum Gasteiger partial charge on any atom is -0.356 e. The maximum absolute atomic E-state index is 2.59. The van der Waals surface area contributed by atoms with E-state index >= 15 is 0 Å². The van der Waals surface area contributed by atoms with Crippen LogP contribution in [-0.2, 0) is 0 Å². The molecule has 2 heteroatoms. The fourth-order valence-corrected chi connectivity index (χ4v) is 5.04. The van der Waals surface area contributed by atoms with Crippen molar-refractivity contribution >= 4 is 0 Å². The van der Waals surface area contributed by atoms with Gasteiger partial charge in [0.25, 0.3) is 0 Å². The quantitative estimate of drug-likeness (QED) is 0.148. The molecule has 0 amide bonds. The van der Waals surface area contributed by atoms with Crippen LogP contribution in [0.15, 0.2) is 12.4 Å². The zero-order valence-electron chi connectivity index (χ0n) is 21.9. The molecule has 0 aliphatic carbocycles. The van der Waals surface area contributed by atoms with Crippen LogP contribution in [0.5, 0.6) is 0 Å². The highest BCUT2D eigenvalue weighted by molar-refractivity contribution is 4.96. The molecule has 1 heterocycles. The van der Waals surface area contributed by atoms with Gasteiger partial charge in [-0.3, -0.25) is 0 Å². The molecule has 0 aromatic carbocycles. The highest BCUT2D eigenvalue weighted by atomic mass is 15.4. The first-order valence-corrected chi connectivity index (χ1v) is 14.5. The lowest BCUT2D eigenvalue weighted by Gasteiger charge is -2.32. The molecule has 0 aromatic rings. The number of unbranched alkanes of at least 4 members (excludes halogenated alkanes) is 18. The number of nitrogens with zero attached hydrogens (tertiary/aromatic N) is 2. The van der Waals surface area contributed by atoms with E-state index in [0.29, 0.717) is 6.17 Å². The van der Waals surface area contributed by atoms with E-state index in [1.165, 1.54) is 148 Å². The third-order valence-electron chi connectivity index (χ3n) is 7.12. The largest absolute Gasteiger partial charge is 0.356 e. The first kappa shape index (κ1) is 28.4. The van der Waals surface area contributed by atoms with Gasteiger partial charge in [0.2, 0.25) is 0 Å². The van der Waals surface area contributed by atoms with Gasteiger partial charge in [-0.25, -0.2) is 0 Å². The van der Waals surface area contributed by atoms with Crippen molar-refractivity contribution in [3.8, 4) is 0 Å². The van der Waals surface area contributed by atoms with Gasteiger partial charge in [0.15, 0.2) is 0 Å². The van der Waals surface area contributed by atoms with Gasteiger partial charge in [0.05, 0.1) is 0 Å². The van der Waals surface area contributed by atoms with E-state index in [2.05, 4.69) is 43.0 Å². The fourth-order valence-electron chi connectivity index (χ4n) is 5.04. The summed E-state index contributed by atoms with van der Waals surface area (Å²) in [5, 5.41) is 0. The van der Waals surface area contributed by atoms with Crippen molar-refractivity contribution in [2.24, 2.45) is 0 Å². The molecule has 0 saturated carbocycles. The van der Waals surface area contributed by atoms with Crippen LogP contribution in [0.1, 0.15) is 156 Å². The second-order valence-electron chi connectivity index (χ2n) is 10.0. The summed E-state index contributed by atoms with van der Waals surface area (Å²) in [5.41, 5.74) is 0. The van der Waals surface area contributed by atoms with Crippen molar-refractivity contribution in [1.82, 2.24) is 9.80 Å². The van der Waals surface area contributed by atoms with Crippen LogP contribution in [0.25, 0.3) is 0 Å². The normalized spacial score (nSPS) is 16.0. The van der Waals surface area contributed by atoms with E-state index < -0.39 is 0 Å². The highest BCUT2D eigenvalue weighted by Gasteiger charge is 2.23. The van der Waals surface area contributed by atoms with Gasteiger partial charge in [-0.2, -0.15) is 0 Å². The fraction of sp³-hybridized carbons (Fsp3) is 0.931. The van der Waals surface area contributed by atoms with Gasteiger partial charge >= 0.3 is 0 Å². The lowest BCUT2D eigenvalue weighted by molar-refractivity contribution is 0.144. The molecular weight excluding hydrogens is 376 g/mol. The smallest absolute Gasteiger partial charge is 0.100 e. The van der Waals surface area contributed by atoms with Crippen LogP contribution in [0, 0.1) is 0 Å². The Hall–Kier alpha value is -0.660. The molecule has 1 atom stereocenters. The molecule has 1 aliphatic rings. The van der Waals surface area contributed by atoms with Crippen molar-refractivity contribution in [3.63, 3.8) is 0 Å². The van der Waals surface area contributed by atoms with Gasteiger partial charge in [-0.05, 0) is 19.3 Å². The minimum absolute atomic E-state index is 0.623. The molecule has 1 unspecified atom stereocenters. The van der Waals surface area contributed by atoms with Crippen LogP contribution >= 0.6 is 0 Å². The van der Waals surface area contributed by atoms with Crippen molar-refractivity contribution in [1.29, 1.82) is 0 Å². The average molecular weight is 435 g/mol. The molecule has 0 fully saturated rings. The van der Waals surface area contributed by atoms with Crippen LogP contribution < -0.4 is 0 Å². The van der Waals surface area contributed by atoms with Crippen molar-refractivity contribution in [2.75, 3.05) is 13.1 Å². The molecule has 0 N–H and O–H groups in total. The molecule has 0 aromatic heterocycles. The average Bonchev–Trinajstić information content (AvgIpc) is 3.17. The summed E-state index contributed by atoms with van der Waals surface area (Å²) < 4.78 is 0. The summed E-state index contributed by atoms with van der Waals surface area (Å²) in [6.45, 7) is 9.42. The summed E-state index contributed by atoms with van der Waals surface area (Å²) >= 11 is 0. The Kier molecular flexibility index (Phi) is 19.4. The minimum atomic E-state index is 0.623. The monoisotopic (exact) mass is 434 g/mol. The SMILES string of the molecule is CCCCCCCCCCCCCCCCCCCN1C=CN(CCCCC)C1CC. The lowest BCUT2D eigenvalue weighted by Crippen LogP contribution is -2.38. The van der Waals surface area contributed by atoms with E-state index in [1.807, 2.05) is 0 Å². The molecule has 0 bridgehead atoms. The van der Waals surface area contributed by atoms with E-state index in [1.54, 1.807) is 0 Å². The Balaban J connectivity index is 1.84. The van der Waals surface area contributed by atoms with Crippen LogP contribution in [0.2, 0.25) is 0 Å². The number of hydrogen-bond donors (Lipinski definition) is 0. The molecule has 0 saturated heterocycles. The van der Waals surface area contributed by atoms with Gasteiger partial charge in [-0.15, -0.1) is 0 Å². The summed E-state index contributed by atoms with van der Waals surface area (Å²) in [6, 6.07) is 0. The standard InChI is InChI=1S/C29H58N2/c1-4-7-9-10-11-12-13-14-15-16-17-18-19-20-21-22-24-26-31-28-27-30(29(31)6-3)25-23-8-5-2/h27-29H,4-26H2,1-3H3. The molecule has 31 heavy (non-hydrogen) atoms. The van der Waals surface area contributed by atoms with Crippen LogP contribution in [0.4, 0.5) is 0 Å². The lowest BCUT2D eigenvalue weighted by atomic mass is 10.0. The second-order valence-corrected chi connectivity index (χ2v) is 10.0. The zero-order chi connectivity index (χ0) is 22.4. The van der Waals surface area contributed by atoms with Gasteiger partial charge in [-0.1, -0.05) is 136 Å². The highest BCUT2D eigenvalue weighted by Crippen LogP contribution is 2.21. The summed E-state index contributed by atoms with van der Waals surface area (Å²) in [5.74, 6) is 0. The van der Waals surface area contributed by atoms with E-state index in [4.69, 9.17) is 0 Å². The topological polar surface area (TPSA) is 6.48 Å². The first-order valence-electron chi connectivity index (χ1n) is 14.5. The number of hydrogen-bond acceptors (Lipinski definition) is 2. The van der Waals surface area contributed by atoms with Crippen LogP contribution in [0.3, 0.4) is 0 Å². The van der Waals surface area contributed by atoms with Gasteiger partial charge in [0, 0.05) is 25.5 Å². The Bertz CT molecular complexity index is 392. The van der Waals surface area contributed by atoms with E-state index in [9.17, 15) is 0 Å². The third kappa shape index (κ3) is 14.9. The molecule has 0 radical (unpaired) electrons. The Labute approximate surface area is 197 Å². The predicted octanol–water partition coefficient (Wildman–Crippen LogP) is 9.65. The molecule has 1 rings (SSSR count). The molecule has 0 spiro atoms. The Morgan fingerprint density at radius 1 is 0.419 bits per heavy atom. The zero-order valence-corrected chi connectivity index (χ0v) is 21.9. The number of rotatable bonds is 23. The second kappa shape index (κ2) is 21.2. The molecule has 2 nitrogen and oxygen atoms in total. The maximum atomic E-state index is 2.59. The van der Waals surface area contributed by atoms with Crippen molar-refractivity contribution in [2.45, 2.75) is 162 Å². The molecular formula is C29H58N2. The van der Waals surface area contributed by atoms with E-state index in [-0.39, 0.29) is 0 Å². The maximum Gasteiger partial charge on any atom is 0.100 e. The van der Waals surface area contributed by atoms with Crippen LogP contribution in [-0.4, -0.2) is 29.1 Å². The predicted molar refractivity (Wildman–Crippen MR) is 140 cm³/mol. The first-order chi connectivity index (χ1) is 15.3. The third-order valence-corrected chi connectivity index (χ3v) is 7.12. The van der Waals surface area contributed by atoms with Crippen molar-refractivity contribution < 1.29 is 0 Å². The summed E-state index contributed by atoms with van der Waals surface area (Å²) in [6.07, 6.45) is 35.2. The summed E-state index contributed by atoms with van der Waals surface area (Å²) in [4.78, 5) is 5.17. The molecule has 184 valence electrons. The Morgan fingerprint density at radius 2 is 0.710 bits per heavy atom.